The molecule has 3 rings (SSSR count). The number of aromatic amines is 1. The van der Waals surface area contributed by atoms with Crippen molar-refractivity contribution in [3.63, 3.8) is 0 Å². The van der Waals surface area contributed by atoms with Gasteiger partial charge in [-0.25, -0.2) is 4.98 Å². The molecule has 2 N–H and O–H groups in total. The number of H-pyrrole nitrogens is 1. The number of nitrogens with one attached hydrogen (secondary N) is 2. The van der Waals surface area contributed by atoms with Crippen molar-refractivity contribution in [2.75, 3.05) is 12.4 Å². The predicted molar refractivity (Wildman–Crippen MR) is 77.4 cm³/mol. The number of imidazole rings is 1. The monoisotopic (exact) mass is 273 g/mol. The van der Waals surface area contributed by atoms with Gasteiger partial charge in [-0.05, 0) is 30.3 Å². The molecule has 1 heterocycles. The van der Waals surface area contributed by atoms with Crippen LogP contribution in [0.3, 0.4) is 0 Å². The Hall–Kier alpha value is -2.20. The molecule has 19 heavy (non-hydrogen) atoms. The summed E-state index contributed by atoms with van der Waals surface area (Å²) in [7, 11) is 1.64. The standard InChI is InChI=1S/C14H12ClN3O/c1-19-13-5-3-2-4-11(13)17-14-16-10-7-6-9(15)8-12(10)18-14/h2-8H,1H3,(H2,16,17,18). The van der Waals surface area contributed by atoms with Crippen molar-refractivity contribution in [3.05, 3.63) is 47.5 Å². The van der Waals surface area contributed by atoms with Gasteiger partial charge in [0.25, 0.3) is 0 Å². The van der Waals surface area contributed by atoms with Crippen LogP contribution in [0.1, 0.15) is 0 Å². The second kappa shape index (κ2) is 4.82. The topological polar surface area (TPSA) is 49.9 Å². The highest BCUT2D eigenvalue weighted by atomic mass is 35.5. The van der Waals surface area contributed by atoms with Crippen LogP contribution in [0.4, 0.5) is 11.6 Å². The molecule has 0 fully saturated rings. The molecular formula is C14H12ClN3O. The van der Waals surface area contributed by atoms with Gasteiger partial charge in [0.1, 0.15) is 5.75 Å². The van der Waals surface area contributed by atoms with Gasteiger partial charge in [-0.1, -0.05) is 23.7 Å². The summed E-state index contributed by atoms with van der Waals surface area (Å²) in [4.78, 5) is 7.62. The summed E-state index contributed by atoms with van der Waals surface area (Å²) in [5.41, 5.74) is 2.61. The Morgan fingerprint density at radius 2 is 2.05 bits per heavy atom. The normalized spacial score (nSPS) is 10.6. The molecule has 2 aromatic carbocycles. The predicted octanol–water partition coefficient (Wildman–Crippen LogP) is 3.97. The highest BCUT2D eigenvalue weighted by molar-refractivity contribution is 6.31. The lowest BCUT2D eigenvalue weighted by Crippen LogP contribution is -1.95. The van der Waals surface area contributed by atoms with Crippen LogP contribution in [0.2, 0.25) is 5.02 Å². The molecule has 0 atom stereocenters. The minimum Gasteiger partial charge on any atom is -0.495 e. The fourth-order valence-corrected chi connectivity index (χ4v) is 2.09. The van der Waals surface area contributed by atoms with Crippen LogP contribution >= 0.6 is 11.6 Å². The van der Waals surface area contributed by atoms with Gasteiger partial charge >= 0.3 is 0 Å². The van der Waals surface area contributed by atoms with E-state index in [2.05, 4.69) is 15.3 Å². The van der Waals surface area contributed by atoms with Crippen molar-refractivity contribution in [2.45, 2.75) is 0 Å². The number of methoxy groups -OCH3 is 1. The second-order valence-electron chi connectivity index (χ2n) is 4.07. The van der Waals surface area contributed by atoms with Gasteiger partial charge in [0.05, 0.1) is 23.8 Å². The summed E-state index contributed by atoms with van der Waals surface area (Å²) in [6.45, 7) is 0. The molecule has 0 aliphatic carbocycles. The smallest absolute Gasteiger partial charge is 0.205 e. The van der Waals surface area contributed by atoms with E-state index in [1.54, 1.807) is 7.11 Å². The maximum Gasteiger partial charge on any atom is 0.205 e. The van der Waals surface area contributed by atoms with Gasteiger partial charge in [0.15, 0.2) is 0 Å². The second-order valence-corrected chi connectivity index (χ2v) is 4.51. The minimum atomic E-state index is 0.654. The first-order valence-electron chi connectivity index (χ1n) is 5.81. The van der Waals surface area contributed by atoms with E-state index in [-0.39, 0.29) is 0 Å². The molecule has 5 heteroatoms. The molecule has 0 saturated carbocycles. The third-order valence-corrected chi connectivity index (χ3v) is 3.04. The van der Waals surface area contributed by atoms with E-state index in [1.807, 2.05) is 42.5 Å². The fraction of sp³-hybridized carbons (Fsp3) is 0.0714. The van der Waals surface area contributed by atoms with E-state index in [0.29, 0.717) is 11.0 Å². The molecule has 3 aromatic rings. The van der Waals surface area contributed by atoms with E-state index in [1.165, 1.54) is 0 Å². The molecule has 0 amide bonds. The van der Waals surface area contributed by atoms with Crippen molar-refractivity contribution in [3.8, 4) is 5.75 Å². The number of anilines is 2. The van der Waals surface area contributed by atoms with Gasteiger partial charge in [-0.3, -0.25) is 0 Å². The number of halogens is 1. The average molecular weight is 274 g/mol. The number of hydrogen-bond donors (Lipinski definition) is 2. The van der Waals surface area contributed by atoms with Gasteiger partial charge in [-0.2, -0.15) is 0 Å². The van der Waals surface area contributed by atoms with E-state index < -0.39 is 0 Å². The average Bonchev–Trinajstić information content (AvgIpc) is 2.80. The van der Waals surface area contributed by atoms with Gasteiger partial charge in [0.2, 0.25) is 5.95 Å². The maximum absolute atomic E-state index is 5.95. The molecule has 0 spiro atoms. The Labute approximate surface area is 115 Å². The third kappa shape index (κ3) is 2.35. The number of rotatable bonds is 3. The van der Waals surface area contributed by atoms with Crippen LogP contribution < -0.4 is 10.1 Å². The largest absolute Gasteiger partial charge is 0.495 e. The molecule has 0 saturated heterocycles. The van der Waals surface area contributed by atoms with Crippen LogP contribution in [0.25, 0.3) is 11.0 Å². The van der Waals surface area contributed by atoms with Gasteiger partial charge in [0, 0.05) is 5.02 Å². The van der Waals surface area contributed by atoms with Crippen LogP contribution in [-0.2, 0) is 0 Å². The molecule has 0 aliphatic rings. The molecule has 0 bridgehead atoms. The van der Waals surface area contributed by atoms with Gasteiger partial charge in [-0.15, -0.1) is 0 Å². The number of ether oxygens (including phenoxy) is 1. The van der Waals surface area contributed by atoms with Crippen LogP contribution in [-0.4, -0.2) is 17.1 Å². The Morgan fingerprint density at radius 3 is 2.89 bits per heavy atom. The fourth-order valence-electron chi connectivity index (χ4n) is 1.92. The summed E-state index contributed by atoms with van der Waals surface area (Å²) in [5, 5.41) is 3.88. The van der Waals surface area contributed by atoms with Crippen molar-refractivity contribution in [1.29, 1.82) is 0 Å². The number of para-hydroxylation sites is 2. The Bertz CT molecular complexity index is 724. The highest BCUT2D eigenvalue weighted by Crippen LogP contribution is 2.27. The highest BCUT2D eigenvalue weighted by Gasteiger charge is 2.06. The number of hydrogen-bond acceptors (Lipinski definition) is 3. The zero-order chi connectivity index (χ0) is 13.2. The number of fused-ring (bicyclic) bond motifs is 1. The quantitative estimate of drug-likeness (QED) is 0.759. The molecule has 96 valence electrons. The molecule has 0 aliphatic heterocycles. The van der Waals surface area contributed by atoms with Crippen LogP contribution in [0.15, 0.2) is 42.5 Å². The van der Waals surface area contributed by atoms with E-state index in [9.17, 15) is 0 Å². The lowest BCUT2D eigenvalue weighted by molar-refractivity contribution is 0.417. The molecule has 0 radical (unpaired) electrons. The Morgan fingerprint density at radius 1 is 1.21 bits per heavy atom. The number of aromatic nitrogens is 2. The first-order valence-corrected chi connectivity index (χ1v) is 6.19. The Kier molecular flexibility index (Phi) is 3.01. The summed E-state index contributed by atoms with van der Waals surface area (Å²) >= 11 is 5.95. The maximum atomic E-state index is 5.95. The van der Waals surface area contributed by atoms with Crippen molar-refractivity contribution >= 4 is 34.3 Å². The summed E-state index contributed by atoms with van der Waals surface area (Å²) in [5.74, 6) is 1.42. The SMILES string of the molecule is COc1ccccc1Nc1nc2ccc(Cl)cc2[nH]1. The number of benzene rings is 2. The zero-order valence-electron chi connectivity index (χ0n) is 10.3. The van der Waals surface area contributed by atoms with Crippen molar-refractivity contribution in [1.82, 2.24) is 9.97 Å². The van der Waals surface area contributed by atoms with Crippen molar-refractivity contribution < 1.29 is 4.74 Å². The van der Waals surface area contributed by atoms with E-state index in [4.69, 9.17) is 16.3 Å². The van der Waals surface area contributed by atoms with Gasteiger partial charge < -0.3 is 15.0 Å². The molecule has 0 unspecified atom stereocenters. The first-order chi connectivity index (χ1) is 9.26. The van der Waals surface area contributed by atoms with E-state index >= 15 is 0 Å². The molecule has 4 nitrogen and oxygen atoms in total. The van der Waals surface area contributed by atoms with Crippen LogP contribution in [0, 0.1) is 0 Å². The molecule has 1 aromatic heterocycles. The summed E-state index contributed by atoms with van der Waals surface area (Å²) < 4.78 is 5.29. The lowest BCUT2D eigenvalue weighted by atomic mass is 10.3. The van der Waals surface area contributed by atoms with Crippen LogP contribution in [0.5, 0.6) is 5.75 Å². The van der Waals surface area contributed by atoms with E-state index in [0.717, 1.165) is 22.5 Å². The summed E-state index contributed by atoms with van der Waals surface area (Å²) in [6, 6.07) is 13.2. The Balaban J connectivity index is 1.96. The van der Waals surface area contributed by atoms with Crippen molar-refractivity contribution in [2.24, 2.45) is 0 Å². The summed E-state index contributed by atoms with van der Waals surface area (Å²) in [6.07, 6.45) is 0. The lowest BCUT2D eigenvalue weighted by Gasteiger charge is -2.07. The third-order valence-electron chi connectivity index (χ3n) is 2.80. The number of nitrogens with zero attached hydrogens (tertiary/aromatic N) is 1. The molecular weight excluding hydrogens is 262 g/mol. The minimum absolute atomic E-state index is 0.654. The zero-order valence-corrected chi connectivity index (χ0v) is 11.0. The first kappa shape index (κ1) is 11.9.